The molecule has 1 heterocycles. The summed E-state index contributed by atoms with van der Waals surface area (Å²) >= 11 is 15.7. The van der Waals surface area contributed by atoms with E-state index in [0.717, 1.165) is 32.6 Å². The summed E-state index contributed by atoms with van der Waals surface area (Å²) in [6.45, 7) is 0. The maximum atomic E-state index is 6.23. The second-order valence-electron chi connectivity index (χ2n) is 5.71. The zero-order chi connectivity index (χ0) is 18.1. The molecule has 26 heavy (non-hydrogen) atoms. The molecule has 0 saturated carbocycles. The molecule has 4 rings (SSSR count). The zero-order valence-electron chi connectivity index (χ0n) is 13.4. The molecule has 128 valence electrons. The van der Waals surface area contributed by atoms with Gasteiger partial charge in [-0.3, -0.25) is 5.43 Å². The van der Waals surface area contributed by atoms with Crippen LogP contribution in [-0.2, 0) is 0 Å². The number of benzene rings is 3. The summed E-state index contributed by atoms with van der Waals surface area (Å²) in [4.78, 5) is 4.76. The Bertz CT molecular complexity index is 1030. The zero-order valence-corrected chi connectivity index (χ0v) is 16.5. The summed E-state index contributed by atoms with van der Waals surface area (Å²) in [5, 5.41) is 5.92. The summed E-state index contributed by atoms with van der Waals surface area (Å²) in [6.07, 6.45) is 0. The lowest BCUT2D eigenvalue weighted by Crippen LogP contribution is -2.19. The summed E-state index contributed by atoms with van der Waals surface area (Å²) in [7, 11) is 0. The number of hydrogen-bond donors (Lipinski definition) is 1. The average Bonchev–Trinajstić information content (AvgIpc) is 2.83. The third kappa shape index (κ3) is 3.54. The Labute approximate surface area is 169 Å². The fourth-order valence-corrected chi connectivity index (χ4v) is 3.24. The highest BCUT2D eigenvalue weighted by atomic mass is 79.9. The lowest BCUT2D eigenvalue weighted by molar-refractivity contribution is 1.03. The van der Waals surface area contributed by atoms with Crippen LogP contribution in [-0.4, -0.2) is 11.5 Å². The van der Waals surface area contributed by atoms with Crippen LogP contribution in [0.25, 0.3) is 0 Å². The van der Waals surface area contributed by atoms with E-state index in [-0.39, 0.29) is 0 Å². The van der Waals surface area contributed by atoms with Crippen molar-refractivity contribution in [1.82, 2.24) is 5.43 Å². The van der Waals surface area contributed by atoms with Crippen molar-refractivity contribution in [2.45, 2.75) is 0 Å². The van der Waals surface area contributed by atoms with Gasteiger partial charge >= 0.3 is 0 Å². The van der Waals surface area contributed by atoms with E-state index < -0.39 is 0 Å². The van der Waals surface area contributed by atoms with Crippen LogP contribution >= 0.6 is 39.1 Å². The Morgan fingerprint density at radius 1 is 0.769 bits per heavy atom. The number of hydrazone groups is 1. The second kappa shape index (κ2) is 7.23. The maximum Gasteiger partial charge on any atom is 0.154 e. The fraction of sp³-hybridized carbons (Fsp3) is 0. The molecule has 0 radical (unpaired) electrons. The molecule has 3 aromatic rings. The van der Waals surface area contributed by atoms with Gasteiger partial charge in [-0.05, 0) is 42.5 Å². The van der Waals surface area contributed by atoms with Crippen LogP contribution in [0.1, 0.15) is 16.7 Å². The Hall–Kier alpha value is -2.14. The molecule has 0 bridgehead atoms. The van der Waals surface area contributed by atoms with E-state index in [1.807, 2.05) is 66.7 Å². The Morgan fingerprint density at radius 2 is 1.42 bits per heavy atom. The largest absolute Gasteiger partial charge is 0.260 e. The lowest BCUT2D eigenvalue weighted by atomic mass is 10.0. The predicted molar refractivity (Wildman–Crippen MR) is 112 cm³/mol. The van der Waals surface area contributed by atoms with Crippen LogP contribution in [0, 0.1) is 0 Å². The van der Waals surface area contributed by atoms with E-state index in [1.165, 1.54) is 0 Å². The van der Waals surface area contributed by atoms with Gasteiger partial charge in [-0.15, -0.1) is 0 Å². The molecule has 0 unspecified atom stereocenters. The van der Waals surface area contributed by atoms with Crippen molar-refractivity contribution in [2.24, 2.45) is 10.1 Å². The molecule has 1 aliphatic heterocycles. The first-order valence-electron chi connectivity index (χ1n) is 7.84. The van der Waals surface area contributed by atoms with Crippen LogP contribution in [0.4, 0.5) is 5.69 Å². The molecular formula is C20H12BrCl2N3. The van der Waals surface area contributed by atoms with Crippen molar-refractivity contribution < 1.29 is 0 Å². The minimum Gasteiger partial charge on any atom is -0.260 e. The smallest absolute Gasteiger partial charge is 0.154 e. The van der Waals surface area contributed by atoms with Gasteiger partial charge in [0.25, 0.3) is 0 Å². The summed E-state index contributed by atoms with van der Waals surface area (Å²) in [5.74, 6) is 0.671. The van der Waals surface area contributed by atoms with Crippen molar-refractivity contribution in [3.63, 3.8) is 0 Å². The van der Waals surface area contributed by atoms with Gasteiger partial charge in [-0.25, -0.2) is 4.99 Å². The number of rotatable bonds is 2. The second-order valence-corrected chi connectivity index (χ2v) is 7.50. The minimum atomic E-state index is 0.632. The van der Waals surface area contributed by atoms with Crippen molar-refractivity contribution in [3.8, 4) is 0 Å². The predicted octanol–water partition coefficient (Wildman–Crippen LogP) is 6.19. The Morgan fingerprint density at radius 3 is 2.15 bits per heavy atom. The highest BCUT2D eigenvalue weighted by Crippen LogP contribution is 2.29. The normalized spacial score (nSPS) is 13.2. The molecule has 0 saturated heterocycles. The monoisotopic (exact) mass is 443 g/mol. The summed E-state index contributed by atoms with van der Waals surface area (Å²) < 4.78 is 1.01. The van der Waals surface area contributed by atoms with Crippen molar-refractivity contribution in [3.05, 3.63) is 97.9 Å². The van der Waals surface area contributed by atoms with Crippen LogP contribution in [0.5, 0.6) is 0 Å². The maximum absolute atomic E-state index is 6.23. The molecular weight excluding hydrogens is 433 g/mol. The first kappa shape index (κ1) is 17.3. The van der Waals surface area contributed by atoms with Crippen molar-refractivity contribution in [1.29, 1.82) is 0 Å². The number of nitrogens with one attached hydrogen (secondary N) is 1. The van der Waals surface area contributed by atoms with E-state index in [1.54, 1.807) is 0 Å². The number of nitrogens with zero attached hydrogens (tertiary/aromatic N) is 2. The van der Waals surface area contributed by atoms with E-state index in [4.69, 9.17) is 28.2 Å². The average molecular weight is 445 g/mol. The first-order valence-corrected chi connectivity index (χ1v) is 9.39. The first-order chi connectivity index (χ1) is 12.6. The van der Waals surface area contributed by atoms with Gasteiger partial charge in [0.15, 0.2) is 5.84 Å². The van der Waals surface area contributed by atoms with Crippen LogP contribution in [0.2, 0.25) is 10.0 Å². The third-order valence-corrected chi connectivity index (χ3v) is 4.97. The molecule has 0 atom stereocenters. The standard InChI is InChI=1S/C20H12BrCl2N3/c21-14-5-1-13(2-6-14)20-24-18-10-9-16(23)11-17(18)19(25-26-20)12-3-7-15(22)8-4-12/h1-11H,(H,24,26). The van der Waals surface area contributed by atoms with Crippen LogP contribution < -0.4 is 5.43 Å². The molecule has 0 spiro atoms. The van der Waals surface area contributed by atoms with Crippen LogP contribution in [0.15, 0.2) is 81.3 Å². The SMILES string of the molecule is Clc1ccc(C2=NNC(c3ccc(Br)cc3)=Nc3ccc(Cl)cc32)cc1. The van der Waals surface area contributed by atoms with E-state index in [9.17, 15) is 0 Å². The van der Waals surface area contributed by atoms with Gasteiger partial charge in [0.2, 0.25) is 0 Å². The molecule has 1 N–H and O–H groups in total. The van der Waals surface area contributed by atoms with E-state index in [2.05, 4.69) is 26.5 Å². The van der Waals surface area contributed by atoms with Crippen LogP contribution in [0.3, 0.4) is 0 Å². The molecule has 0 aliphatic carbocycles. The third-order valence-electron chi connectivity index (χ3n) is 3.95. The highest BCUT2D eigenvalue weighted by molar-refractivity contribution is 9.10. The van der Waals surface area contributed by atoms with Crippen molar-refractivity contribution in [2.75, 3.05) is 0 Å². The number of halogens is 3. The number of hydrogen-bond acceptors (Lipinski definition) is 3. The molecule has 0 fully saturated rings. The molecule has 0 aromatic heterocycles. The highest BCUT2D eigenvalue weighted by Gasteiger charge is 2.17. The van der Waals surface area contributed by atoms with Gasteiger partial charge in [0, 0.05) is 31.2 Å². The lowest BCUT2D eigenvalue weighted by Gasteiger charge is -2.08. The molecule has 6 heteroatoms. The molecule has 0 amide bonds. The Kier molecular flexibility index (Phi) is 4.81. The van der Waals surface area contributed by atoms with Crippen molar-refractivity contribution >= 4 is 56.4 Å². The van der Waals surface area contributed by atoms with Gasteiger partial charge in [0.05, 0.1) is 5.69 Å². The Balaban J connectivity index is 1.85. The van der Waals surface area contributed by atoms with E-state index >= 15 is 0 Å². The number of fused-ring (bicyclic) bond motifs is 1. The van der Waals surface area contributed by atoms with Gasteiger partial charge in [0.1, 0.15) is 5.71 Å². The van der Waals surface area contributed by atoms with Gasteiger partial charge in [-0.2, -0.15) is 5.10 Å². The minimum absolute atomic E-state index is 0.632. The van der Waals surface area contributed by atoms with Gasteiger partial charge in [-0.1, -0.05) is 63.4 Å². The quantitative estimate of drug-likeness (QED) is 0.502. The summed E-state index contributed by atoms with van der Waals surface area (Å²) in [5.41, 5.74) is 7.38. The fourth-order valence-electron chi connectivity index (χ4n) is 2.67. The number of aliphatic imine (C=N–C) groups is 1. The molecule has 3 aromatic carbocycles. The molecule has 1 aliphatic rings. The van der Waals surface area contributed by atoms with Gasteiger partial charge < -0.3 is 0 Å². The number of amidine groups is 1. The topological polar surface area (TPSA) is 36.8 Å². The molecule has 3 nitrogen and oxygen atoms in total. The summed E-state index contributed by atoms with van der Waals surface area (Å²) in [6, 6.07) is 21.0. The van der Waals surface area contributed by atoms with E-state index in [0.29, 0.717) is 15.9 Å².